The Morgan fingerprint density at radius 3 is 2.28 bits per heavy atom. The third-order valence-corrected chi connectivity index (χ3v) is 3.75. The van der Waals surface area contributed by atoms with E-state index < -0.39 is 0 Å². The smallest absolute Gasteiger partial charge is 0.258 e. The lowest BCUT2D eigenvalue weighted by Crippen LogP contribution is -2.13. The summed E-state index contributed by atoms with van der Waals surface area (Å²) >= 11 is 11.8. The lowest BCUT2D eigenvalue weighted by Gasteiger charge is -2.08. The molecule has 0 unspecified atom stereocenters. The molecule has 3 rings (SSSR count). The number of aromatic nitrogens is 2. The van der Waals surface area contributed by atoms with E-state index in [4.69, 9.17) is 23.2 Å². The number of rotatable bonds is 4. The van der Waals surface area contributed by atoms with E-state index in [1.165, 1.54) is 12.4 Å². The van der Waals surface area contributed by atoms with E-state index in [2.05, 4.69) is 20.6 Å². The summed E-state index contributed by atoms with van der Waals surface area (Å²) < 4.78 is 0. The molecular formula is C18H14Cl2N4O. The molecule has 1 amide bonds. The van der Waals surface area contributed by atoms with Crippen molar-refractivity contribution in [3.8, 4) is 0 Å². The van der Waals surface area contributed by atoms with Crippen LogP contribution in [0, 0.1) is 6.92 Å². The predicted octanol–water partition coefficient (Wildman–Crippen LogP) is 5.09. The molecule has 0 spiro atoms. The van der Waals surface area contributed by atoms with Crippen molar-refractivity contribution in [3.05, 3.63) is 76.0 Å². The minimum absolute atomic E-state index is 0.325. The van der Waals surface area contributed by atoms with Crippen LogP contribution in [0.25, 0.3) is 0 Å². The van der Waals surface area contributed by atoms with Crippen molar-refractivity contribution in [1.82, 2.24) is 9.97 Å². The minimum Gasteiger partial charge on any atom is -0.324 e. The van der Waals surface area contributed by atoms with E-state index in [0.717, 1.165) is 11.3 Å². The normalized spacial score (nSPS) is 10.4. The van der Waals surface area contributed by atoms with E-state index in [-0.39, 0.29) is 5.91 Å². The highest BCUT2D eigenvalue weighted by molar-refractivity contribution is 6.35. The maximum absolute atomic E-state index is 12.3. The SMILES string of the molecule is Cc1cccc(Nc2ncc(C(=O)Nc3cc(Cl)cc(Cl)c3)cn2)c1. The minimum atomic E-state index is -0.347. The largest absolute Gasteiger partial charge is 0.324 e. The van der Waals surface area contributed by atoms with Crippen molar-refractivity contribution in [2.24, 2.45) is 0 Å². The summed E-state index contributed by atoms with van der Waals surface area (Å²) in [5.74, 6) is 0.0633. The van der Waals surface area contributed by atoms with Gasteiger partial charge in [0.25, 0.3) is 5.91 Å². The second-order valence-corrected chi connectivity index (χ2v) is 6.27. The number of aryl methyl sites for hydroxylation is 1. The van der Waals surface area contributed by atoms with Gasteiger partial charge in [-0.1, -0.05) is 35.3 Å². The molecule has 7 heteroatoms. The molecule has 0 aliphatic rings. The van der Waals surface area contributed by atoms with E-state index in [1.807, 2.05) is 31.2 Å². The number of hydrogen-bond donors (Lipinski definition) is 2. The Kier molecular flexibility index (Phi) is 5.16. The molecule has 25 heavy (non-hydrogen) atoms. The second kappa shape index (κ2) is 7.51. The van der Waals surface area contributed by atoms with Crippen molar-refractivity contribution in [3.63, 3.8) is 0 Å². The molecule has 2 N–H and O–H groups in total. The third kappa shape index (κ3) is 4.68. The highest BCUT2D eigenvalue weighted by Gasteiger charge is 2.09. The van der Waals surface area contributed by atoms with Crippen molar-refractivity contribution < 1.29 is 4.79 Å². The lowest BCUT2D eigenvalue weighted by molar-refractivity contribution is 0.102. The number of carbonyl (C=O) groups is 1. The summed E-state index contributed by atoms with van der Waals surface area (Å²) in [5.41, 5.74) is 2.84. The van der Waals surface area contributed by atoms with Gasteiger partial charge in [0.05, 0.1) is 5.56 Å². The van der Waals surface area contributed by atoms with Gasteiger partial charge >= 0.3 is 0 Å². The maximum atomic E-state index is 12.3. The van der Waals surface area contributed by atoms with Gasteiger partial charge in [-0.25, -0.2) is 9.97 Å². The van der Waals surface area contributed by atoms with Crippen molar-refractivity contribution in [2.75, 3.05) is 10.6 Å². The highest BCUT2D eigenvalue weighted by atomic mass is 35.5. The van der Waals surface area contributed by atoms with Gasteiger partial charge in [-0.15, -0.1) is 0 Å². The maximum Gasteiger partial charge on any atom is 0.258 e. The van der Waals surface area contributed by atoms with Gasteiger partial charge in [0.15, 0.2) is 0 Å². The Morgan fingerprint density at radius 2 is 1.64 bits per heavy atom. The van der Waals surface area contributed by atoms with Crippen LogP contribution in [0.5, 0.6) is 0 Å². The van der Waals surface area contributed by atoms with E-state index in [9.17, 15) is 4.79 Å². The molecule has 1 aromatic heterocycles. The molecule has 0 aliphatic heterocycles. The van der Waals surface area contributed by atoms with Crippen LogP contribution in [0.1, 0.15) is 15.9 Å². The summed E-state index contributed by atoms with van der Waals surface area (Å²) in [6.45, 7) is 2.00. The monoisotopic (exact) mass is 372 g/mol. The summed E-state index contributed by atoms with van der Waals surface area (Å²) in [6.07, 6.45) is 2.90. The Balaban J connectivity index is 1.70. The Labute approximate surface area is 155 Å². The fraction of sp³-hybridized carbons (Fsp3) is 0.0556. The Morgan fingerprint density at radius 1 is 0.960 bits per heavy atom. The number of hydrogen-bond acceptors (Lipinski definition) is 4. The van der Waals surface area contributed by atoms with Gasteiger partial charge in [0.1, 0.15) is 0 Å². The molecule has 5 nitrogen and oxygen atoms in total. The molecule has 0 saturated carbocycles. The standard InChI is InChI=1S/C18H14Cl2N4O/c1-11-3-2-4-15(5-11)24-18-21-9-12(10-22-18)17(25)23-16-7-13(19)6-14(20)8-16/h2-10H,1H3,(H,23,25)(H,21,22,24). The van der Waals surface area contributed by atoms with Crippen LogP contribution in [0.4, 0.5) is 17.3 Å². The fourth-order valence-corrected chi connectivity index (χ4v) is 2.72. The zero-order valence-electron chi connectivity index (χ0n) is 13.3. The number of halogens is 2. The van der Waals surface area contributed by atoms with Crippen LogP contribution in [-0.4, -0.2) is 15.9 Å². The predicted molar refractivity (Wildman–Crippen MR) is 101 cm³/mol. The second-order valence-electron chi connectivity index (χ2n) is 5.40. The molecule has 126 valence electrons. The average Bonchev–Trinajstić information content (AvgIpc) is 2.54. The summed E-state index contributed by atoms with van der Waals surface area (Å²) in [5, 5.41) is 6.68. The van der Waals surface area contributed by atoms with Crippen LogP contribution in [0.15, 0.2) is 54.9 Å². The molecule has 0 radical (unpaired) electrons. The first-order valence-electron chi connectivity index (χ1n) is 7.43. The number of amides is 1. The van der Waals surface area contributed by atoms with Crippen molar-refractivity contribution >= 4 is 46.4 Å². The van der Waals surface area contributed by atoms with Crippen LogP contribution in [0.2, 0.25) is 10.0 Å². The Hall–Kier alpha value is -2.63. The van der Waals surface area contributed by atoms with Crippen LogP contribution >= 0.6 is 23.2 Å². The van der Waals surface area contributed by atoms with Gasteiger partial charge in [-0.2, -0.15) is 0 Å². The zero-order chi connectivity index (χ0) is 17.8. The zero-order valence-corrected chi connectivity index (χ0v) is 14.8. The third-order valence-electron chi connectivity index (χ3n) is 3.31. The first-order chi connectivity index (χ1) is 12.0. The molecule has 1 heterocycles. The first kappa shape index (κ1) is 17.2. The van der Waals surface area contributed by atoms with E-state index in [0.29, 0.717) is 27.2 Å². The molecule has 3 aromatic rings. The molecular weight excluding hydrogens is 359 g/mol. The number of nitrogens with one attached hydrogen (secondary N) is 2. The van der Waals surface area contributed by atoms with Crippen molar-refractivity contribution in [2.45, 2.75) is 6.92 Å². The first-order valence-corrected chi connectivity index (χ1v) is 8.18. The number of nitrogens with zero attached hydrogens (tertiary/aromatic N) is 2. The molecule has 0 aliphatic carbocycles. The molecule has 0 saturated heterocycles. The molecule has 2 aromatic carbocycles. The van der Waals surface area contributed by atoms with Gasteiger partial charge < -0.3 is 10.6 Å². The number of benzene rings is 2. The van der Waals surface area contributed by atoms with E-state index in [1.54, 1.807) is 18.2 Å². The van der Waals surface area contributed by atoms with E-state index >= 15 is 0 Å². The quantitative estimate of drug-likeness (QED) is 0.669. The van der Waals surface area contributed by atoms with Gasteiger partial charge in [0, 0.05) is 33.8 Å². The van der Waals surface area contributed by atoms with Crippen molar-refractivity contribution in [1.29, 1.82) is 0 Å². The molecule has 0 fully saturated rings. The summed E-state index contributed by atoms with van der Waals surface area (Å²) in [7, 11) is 0. The molecule has 0 atom stereocenters. The van der Waals surface area contributed by atoms with Gasteiger partial charge in [0.2, 0.25) is 5.95 Å². The summed E-state index contributed by atoms with van der Waals surface area (Å²) in [4.78, 5) is 20.6. The Bertz CT molecular complexity index is 893. The van der Waals surface area contributed by atoms with Gasteiger partial charge in [-0.05, 0) is 42.8 Å². The van der Waals surface area contributed by atoms with Crippen LogP contribution < -0.4 is 10.6 Å². The fourth-order valence-electron chi connectivity index (χ4n) is 2.19. The highest BCUT2D eigenvalue weighted by Crippen LogP contribution is 2.23. The summed E-state index contributed by atoms with van der Waals surface area (Å²) in [6, 6.07) is 12.7. The topological polar surface area (TPSA) is 66.9 Å². The number of carbonyl (C=O) groups excluding carboxylic acids is 1. The van der Waals surface area contributed by atoms with Crippen LogP contribution in [0.3, 0.4) is 0 Å². The average molecular weight is 373 g/mol. The van der Waals surface area contributed by atoms with Gasteiger partial charge in [-0.3, -0.25) is 4.79 Å². The van der Waals surface area contributed by atoms with Crippen LogP contribution in [-0.2, 0) is 0 Å². The molecule has 0 bridgehead atoms. The lowest BCUT2D eigenvalue weighted by atomic mass is 10.2. The number of anilines is 3.